The van der Waals surface area contributed by atoms with E-state index in [0.29, 0.717) is 5.69 Å². The Morgan fingerprint density at radius 2 is 1.65 bits per heavy atom. The summed E-state index contributed by atoms with van der Waals surface area (Å²) in [6, 6.07) is 15.2. The van der Waals surface area contributed by atoms with Crippen LogP contribution in [0.4, 0.5) is 21.5 Å². The minimum Gasteiger partial charge on any atom is -0.322 e. The van der Waals surface area contributed by atoms with Crippen LogP contribution in [0.25, 0.3) is 0 Å². The van der Waals surface area contributed by atoms with Crippen molar-refractivity contribution in [1.29, 1.82) is 0 Å². The molecule has 0 bridgehead atoms. The van der Waals surface area contributed by atoms with Gasteiger partial charge in [0.1, 0.15) is 0 Å². The summed E-state index contributed by atoms with van der Waals surface area (Å²) in [4.78, 5) is 22.5. The van der Waals surface area contributed by atoms with E-state index in [0.717, 1.165) is 22.0 Å². The van der Waals surface area contributed by atoms with Gasteiger partial charge in [0.25, 0.3) is 15.9 Å². The molecule has 1 N–H and O–H groups in total. The molecule has 0 fully saturated rings. The van der Waals surface area contributed by atoms with Gasteiger partial charge in [0, 0.05) is 24.4 Å². The van der Waals surface area contributed by atoms with E-state index in [1.807, 2.05) is 6.92 Å². The minimum absolute atomic E-state index is 0.0567. The Morgan fingerprint density at radius 3 is 2.23 bits per heavy atom. The second-order valence-corrected chi connectivity index (χ2v) is 8.68. The summed E-state index contributed by atoms with van der Waals surface area (Å²) < 4.78 is 40.1. The van der Waals surface area contributed by atoms with E-state index in [4.69, 9.17) is 0 Å². The summed E-state index contributed by atoms with van der Waals surface area (Å²) in [6.07, 6.45) is 0. The van der Waals surface area contributed by atoms with Crippen molar-refractivity contribution in [3.63, 3.8) is 0 Å². The van der Waals surface area contributed by atoms with Crippen LogP contribution in [0, 0.1) is 22.9 Å². The van der Waals surface area contributed by atoms with Gasteiger partial charge in [-0.2, -0.15) is 4.39 Å². The number of nitrogens with one attached hydrogen (secondary N) is 1. The number of rotatable bonds is 6. The van der Waals surface area contributed by atoms with Gasteiger partial charge >= 0.3 is 5.69 Å². The van der Waals surface area contributed by atoms with Crippen molar-refractivity contribution in [1.82, 2.24) is 0 Å². The van der Waals surface area contributed by atoms with E-state index in [1.165, 1.54) is 49.5 Å². The highest BCUT2D eigenvalue weighted by Gasteiger charge is 2.21. The molecular formula is C21H18FN3O5S. The normalized spacial score (nSPS) is 11.1. The fourth-order valence-electron chi connectivity index (χ4n) is 2.76. The first kappa shape index (κ1) is 21.9. The number of amides is 1. The third-order valence-electron chi connectivity index (χ3n) is 4.57. The van der Waals surface area contributed by atoms with Crippen molar-refractivity contribution in [3.8, 4) is 0 Å². The van der Waals surface area contributed by atoms with Crippen LogP contribution in [0.15, 0.2) is 71.6 Å². The number of aryl methyl sites for hydroxylation is 1. The van der Waals surface area contributed by atoms with Crippen LogP contribution in [0.2, 0.25) is 0 Å². The number of nitrogens with zero attached hydrogens (tertiary/aromatic N) is 2. The zero-order chi connectivity index (χ0) is 22.8. The van der Waals surface area contributed by atoms with Crippen LogP contribution in [-0.4, -0.2) is 26.3 Å². The molecule has 0 aliphatic heterocycles. The molecule has 1 amide bonds. The van der Waals surface area contributed by atoms with Crippen molar-refractivity contribution in [2.75, 3.05) is 16.7 Å². The third kappa shape index (κ3) is 4.69. The first-order valence-electron chi connectivity index (χ1n) is 9.00. The van der Waals surface area contributed by atoms with Crippen LogP contribution in [0.3, 0.4) is 0 Å². The van der Waals surface area contributed by atoms with E-state index in [9.17, 15) is 27.7 Å². The Morgan fingerprint density at radius 1 is 1.03 bits per heavy atom. The van der Waals surface area contributed by atoms with Crippen LogP contribution in [-0.2, 0) is 10.0 Å². The molecule has 0 radical (unpaired) electrons. The maximum Gasteiger partial charge on any atom is 0.306 e. The van der Waals surface area contributed by atoms with Crippen LogP contribution in [0.5, 0.6) is 0 Å². The molecule has 0 heterocycles. The predicted molar refractivity (Wildman–Crippen MR) is 114 cm³/mol. The van der Waals surface area contributed by atoms with Crippen LogP contribution >= 0.6 is 0 Å². The number of halogens is 1. The number of hydrogen-bond donors (Lipinski definition) is 1. The maximum absolute atomic E-state index is 13.4. The van der Waals surface area contributed by atoms with Crippen molar-refractivity contribution >= 4 is 33.0 Å². The molecular weight excluding hydrogens is 425 g/mol. The topological polar surface area (TPSA) is 110 Å². The summed E-state index contributed by atoms with van der Waals surface area (Å²) in [5.74, 6) is -1.60. The number of carbonyl (C=O) groups excluding carboxylic acids is 1. The molecule has 0 aliphatic rings. The number of carbonyl (C=O) groups is 1. The zero-order valence-corrected chi connectivity index (χ0v) is 17.4. The van der Waals surface area contributed by atoms with Gasteiger partial charge in [-0.25, -0.2) is 8.42 Å². The summed E-state index contributed by atoms with van der Waals surface area (Å²) in [6.45, 7) is 1.86. The Kier molecular flexibility index (Phi) is 6.02. The largest absolute Gasteiger partial charge is 0.322 e. The molecule has 8 nitrogen and oxygen atoms in total. The molecule has 10 heteroatoms. The average Bonchev–Trinajstić information content (AvgIpc) is 2.74. The highest BCUT2D eigenvalue weighted by atomic mass is 32.2. The fraction of sp³-hybridized carbons (Fsp3) is 0.0952. The lowest BCUT2D eigenvalue weighted by Crippen LogP contribution is -2.26. The van der Waals surface area contributed by atoms with Gasteiger partial charge in [-0.3, -0.25) is 19.2 Å². The van der Waals surface area contributed by atoms with Gasteiger partial charge < -0.3 is 5.32 Å². The Bertz CT molecular complexity index is 1240. The van der Waals surface area contributed by atoms with E-state index >= 15 is 0 Å². The SMILES string of the molecule is Cc1ccc(S(=O)(=O)N(C)c2ccc(C(=O)Nc3ccc(F)c([N+](=O)[O-])c3)cc2)cc1. The van der Waals surface area contributed by atoms with Gasteiger partial charge in [-0.05, 0) is 55.5 Å². The lowest BCUT2D eigenvalue weighted by Gasteiger charge is -2.20. The Labute approximate surface area is 178 Å². The molecule has 0 atom stereocenters. The van der Waals surface area contributed by atoms with E-state index in [2.05, 4.69) is 5.32 Å². The van der Waals surface area contributed by atoms with E-state index in [1.54, 1.807) is 12.1 Å². The number of benzene rings is 3. The first-order valence-corrected chi connectivity index (χ1v) is 10.4. The average molecular weight is 443 g/mol. The van der Waals surface area contributed by atoms with Crippen molar-refractivity contribution in [2.45, 2.75) is 11.8 Å². The number of nitro benzene ring substituents is 1. The summed E-state index contributed by atoms with van der Waals surface area (Å²) in [5.41, 5.74) is 0.771. The molecule has 0 spiro atoms. The van der Waals surface area contributed by atoms with Crippen molar-refractivity contribution in [3.05, 3.63) is 93.8 Å². The smallest absolute Gasteiger partial charge is 0.306 e. The summed E-state index contributed by atoms with van der Waals surface area (Å²) in [5, 5.41) is 13.3. The predicted octanol–water partition coefficient (Wildman–Crippen LogP) is 4.12. The van der Waals surface area contributed by atoms with Gasteiger partial charge in [-0.1, -0.05) is 17.7 Å². The highest BCUT2D eigenvalue weighted by Crippen LogP contribution is 2.24. The van der Waals surface area contributed by atoms with E-state index in [-0.39, 0.29) is 16.1 Å². The fourth-order valence-corrected chi connectivity index (χ4v) is 3.96. The quantitative estimate of drug-likeness (QED) is 0.455. The first-order chi connectivity index (χ1) is 14.6. The number of nitro groups is 1. The van der Waals surface area contributed by atoms with Gasteiger partial charge in [-0.15, -0.1) is 0 Å². The zero-order valence-electron chi connectivity index (χ0n) is 16.6. The van der Waals surface area contributed by atoms with E-state index < -0.39 is 32.4 Å². The van der Waals surface area contributed by atoms with Gasteiger partial charge in [0.2, 0.25) is 5.82 Å². The Hall–Kier alpha value is -3.79. The second kappa shape index (κ2) is 8.52. The highest BCUT2D eigenvalue weighted by molar-refractivity contribution is 7.92. The molecule has 0 saturated heterocycles. The van der Waals surface area contributed by atoms with Gasteiger partial charge in [0.05, 0.1) is 15.5 Å². The second-order valence-electron chi connectivity index (χ2n) is 6.71. The van der Waals surface area contributed by atoms with Crippen LogP contribution in [0.1, 0.15) is 15.9 Å². The van der Waals surface area contributed by atoms with Crippen molar-refractivity contribution < 1.29 is 22.5 Å². The summed E-state index contributed by atoms with van der Waals surface area (Å²) in [7, 11) is -2.37. The summed E-state index contributed by atoms with van der Waals surface area (Å²) >= 11 is 0. The minimum atomic E-state index is -3.77. The lowest BCUT2D eigenvalue weighted by atomic mass is 10.2. The molecule has 3 rings (SSSR count). The Balaban J connectivity index is 1.78. The van der Waals surface area contributed by atoms with Gasteiger partial charge in [0.15, 0.2) is 0 Å². The van der Waals surface area contributed by atoms with Crippen molar-refractivity contribution in [2.24, 2.45) is 0 Å². The number of hydrogen-bond acceptors (Lipinski definition) is 5. The standard InChI is InChI=1S/C21H18FN3O5S/c1-14-3-10-18(11-4-14)31(29,30)24(2)17-8-5-15(6-9-17)21(26)23-16-7-12-19(22)20(13-16)25(27)28/h3-13H,1-2H3,(H,23,26). The maximum atomic E-state index is 13.4. The molecule has 31 heavy (non-hydrogen) atoms. The lowest BCUT2D eigenvalue weighted by molar-refractivity contribution is -0.387. The number of sulfonamides is 1. The molecule has 3 aromatic carbocycles. The number of anilines is 2. The molecule has 0 unspecified atom stereocenters. The third-order valence-corrected chi connectivity index (χ3v) is 6.37. The molecule has 160 valence electrons. The molecule has 3 aromatic rings. The molecule has 0 saturated carbocycles. The molecule has 0 aliphatic carbocycles. The van der Waals surface area contributed by atoms with Crippen LogP contribution < -0.4 is 9.62 Å². The monoisotopic (exact) mass is 443 g/mol. The molecule has 0 aromatic heterocycles.